The van der Waals surface area contributed by atoms with Crippen LogP contribution in [0.3, 0.4) is 0 Å². The lowest BCUT2D eigenvalue weighted by atomic mass is 10.2. The summed E-state index contributed by atoms with van der Waals surface area (Å²) in [4.78, 5) is 10.7. The molecule has 0 radical (unpaired) electrons. The standard InChI is InChI=1S/C9H11Cl2N3O/c10-5-2-1-3-6(11)8(5)14-4-7(12)9(13)15/h1-3,7,14H,4,12H2,(H2,13,15). The van der Waals surface area contributed by atoms with Crippen molar-refractivity contribution in [2.24, 2.45) is 11.5 Å². The fraction of sp³-hybridized carbons (Fsp3) is 0.222. The van der Waals surface area contributed by atoms with Crippen molar-refractivity contribution in [1.29, 1.82) is 0 Å². The first kappa shape index (κ1) is 12.1. The normalized spacial score (nSPS) is 12.2. The number of hydrogen-bond donors (Lipinski definition) is 3. The minimum absolute atomic E-state index is 0.193. The minimum atomic E-state index is -0.766. The molecule has 1 rings (SSSR count). The Morgan fingerprint density at radius 1 is 1.40 bits per heavy atom. The minimum Gasteiger partial charge on any atom is -0.381 e. The Hall–Kier alpha value is -0.970. The van der Waals surface area contributed by atoms with Crippen LogP contribution in [-0.4, -0.2) is 18.5 Å². The highest BCUT2D eigenvalue weighted by Crippen LogP contribution is 2.29. The van der Waals surface area contributed by atoms with Crippen LogP contribution in [0, 0.1) is 0 Å². The zero-order valence-corrected chi connectivity index (χ0v) is 9.35. The highest BCUT2D eigenvalue weighted by atomic mass is 35.5. The number of carbonyl (C=O) groups is 1. The van der Waals surface area contributed by atoms with Crippen LogP contribution in [-0.2, 0) is 4.79 Å². The molecule has 0 heterocycles. The molecular weight excluding hydrogens is 237 g/mol. The summed E-state index contributed by atoms with van der Waals surface area (Å²) < 4.78 is 0. The second kappa shape index (κ2) is 5.21. The Morgan fingerprint density at radius 2 is 1.93 bits per heavy atom. The van der Waals surface area contributed by atoms with E-state index < -0.39 is 11.9 Å². The van der Waals surface area contributed by atoms with Gasteiger partial charge in [-0.1, -0.05) is 29.3 Å². The van der Waals surface area contributed by atoms with Crippen LogP contribution in [0.25, 0.3) is 0 Å². The Balaban J connectivity index is 2.69. The predicted octanol–water partition coefficient (Wildman–Crippen LogP) is 1.22. The van der Waals surface area contributed by atoms with Crippen LogP contribution in [0.4, 0.5) is 5.69 Å². The zero-order valence-electron chi connectivity index (χ0n) is 7.84. The summed E-state index contributed by atoms with van der Waals surface area (Å²) in [5.74, 6) is -0.578. The highest BCUT2D eigenvalue weighted by molar-refractivity contribution is 6.39. The number of benzene rings is 1. The van der Waals surface area contributed by atoms with Crippen molar-refractivity contribution in [3.05, 3.63) is 28.2 Å². The number of halogens is 2. The van der Waals surface area contributed by atoms with Gasteiger partial charge in [0.15, 0.2) is 0 Å². The molecule has 0 aliphatic heterocycles. The van der Waals surface area contributed by atoms with Crippen LogP contribution >= 0.6 is 23.2 Å². The number of nitrogens with one attached hydrogen (secondary N) is 1. The van der Waals surface area contributed by atoms with Gasteiger partial charge < -0.3 is 16.8 Å². The van der Waals surface area contributed by atoms with Crippen LogP contribution in [0.1, 0.15) is 0 Å². The molecule has 0 fully saturated rings. The average molecular weight is 248 g/mol. The first-order chi connectivity index (χ1) is 7.02. The molecule has 1 aromatic rings. The number of amides is 1. The van der Waals surface area contributed by atoms with E-state index in [9.17, 15) is 4.79 Å². The number of rotatable bonds is 4. The van der Waals surface area contributed by atoms with Crippen molar-refractivity contribution in [1.82, 2.24) is 0 Å². The molecule has 82 valence electrons. The third-order valence-corrected chi connectivity index (χ3v) is 2.46. The van der Waals surface area contributed by atoms with Crippen molar-refractivity contribution in [2.75, 3.05) is 11.9 Å². The highest BCUT2D eigenvalue weighted by Gasteiger charge is 2.11. The van der Waals surface area contributed by atoms with E-state index in [1.807, 2.05) is 0 Å². The van der Waals surface area contributed by atoms with Gasteiger partial charge in [0.05, 0.1) is 15.7 Å². The lowest BCUT2D eigenvalue weighted by Crippen LogP contribution is -2.41. The summed E-state index contributed by atoms with van der Waals surface area (Å²) >= 11 is 11.8. The lowest BCUT2D eigenvalue weighted by Gasteiger charge is -2.12. The molecule has 1 unspecified atom stereocenters. The Morgan fingerprint density at radius 3 is 2.40 bits per heavy atom. The van der Waals surface area contributed by atoms with Gasteiger partial charge in [0.1, 0.15) is 6.04 Å². The average Bonchev–Trinajstić information content (AvgIpc) is 2.16. The second-order valence-corrected chi connectivity index (χ2v) is 3.80. The summed E-state index contributed by atoms with van der Waals surface area (Å²) in [5.41, 5.74) is 11.0. The topological polar surface area (TPSA) is 81.1 Å². The third kappa shape index (κ3) is 3.27. The molecule has 6 heteroatoms. The molecule has 1 aromatic carbocycles. The van der Waals surface area contributed by atoms with E-state index in [1.165, 1.54) is 0 Å². The monoisotopic (exact) mass is 247 g/mol. The molecule has 0 saturated carbocycles. The summed E-state index contributed by atoms with van der Waals surface area (Å²) in [6.45, 7) is 0.193. The molecule has 0 aromatic heterocycles. The second-order valence-electron chi connectivity index (χ2n) is 2.99. The maximum Gasteiger partial charge on any atom is 0.236 e. The Kier molecular flexibility index (Phi) is 4.20. The van der Waals surface area contributed by atoms with Gasteiger partial charge in [0.2, 0.25) is 5.91 Å². The van der Waals surface area contributed by atoms with Gasteiger partial charge in [-0.15, -0.1) is 0 Å². The summed E-state index contributed by atoms with van der Waals surface area (Å²) in [5, 5.41) is 3.82. The Labute approximate surface area is 97.5 Å². The van der Waals surface area contributed by atoms with Crippen molar-refractivity contribution < 1.29 is 4.79 Å². The molecule has 0 aliphatic rings. The van der Waals surface area contributed by atoms with Gasteiger partial charge in [-0.3, -0.25) is 4.79 Å². The van der Waals surface area contributed by atoms with Crippen LogP contribution < -0.4 is 16.8 Å². The molecule has 4 nitrogen and oxygen atoms in total. The van der Waals surface area contributed by atoms with Crippen LogP contribution in [0.2, 0.25) is 10.0 Å². The largest absolute Gasteiger partial charge is 0.381 e. The third-order valence-electron chi connectivity index (χ3n) is 1.83. The fourth-order valence-electron chi connectivity index (χ4n) is 0.979. The van der Waals surface area contributed by atoms with E-state index in [0.717, 1.165) is 0 Å². The first-order valence-corrected chi connectivity index (χ1v) is 5.00. The molecule has 1 amide bonds. The van der Waals surface area contributed by atoms with E-state index in [-0.39, 0.29) is 6.54 Å². The molecule has 0 saturated heterocycles. The maximum atomic E-state index is 10.7. The Bertz CT molecular complexity index is 350. The van der Waals surface area contributed by atoms with Crippen LogP contribution in [0.5, 0.6) is 0 Å². The summed E-state index contributed by atoms with van der Waals surface area (Å²) in [7, 11) is 0. The SMILES string of the molecule is NC(=O)C(N)CNc1c(Cl)cccc1Cl. The quantitative estimate of drug-likeness (QED) is 0.749. The van der Waals surface area contributed by atoms with Gasteiger partial charge in [-0.2, -0.15) is 0 Å². The van der Waals surface area contributed by atoms with Crippen molar-refractivity contribution >= 4 is 34.8 Å². The fourth-order valence-corrected chi connectivity index (χ4v) is 1.51. The molecule has 0 bridgehead atoms. The summed E-state index contributed by atoms with van der Waals surface area (Å²) in [6, 6.07) is 4.33. The zero-order chi connectivity index (χ0) is 11.4. The molecule has 5 N–H and O–H groups in total. The van der Waals surface area contributed by atoms with E-state index in [4.69, 9.17) is 34.7 Å². The number of para-hydroxylation sites is 1. The molecule has 0 aliphatic carbocycles. The lowest BCUT2D eigenvalue weighted by molar-refractivity contribution is -0.118. The molecule has 15 heavy (non-hydrogen) atoms. The maximum absolute atomic E-state index is 10.7. The van der Waals surface area contributed by atoms with Crippen molar-refractivity contribution in [3.63, 3.8) is 0 Å². The van der Waals surface area contributed by atoms with Crippen LogP contribution in [0.15, 0.2) is 18.2 Å². The molecule has 1 atom stereocenters. The van der Waals surface area contributed by atoms with Gasteiger partial charge >= 0.3 is 0 Å². The number of hydrogen-bond acceptors (Lipinski definition) is 3. The van der Waals surface area contributed by atoms with Gasteiger partial charge in [0.25, 0.3) is 0 Å². The number of anilines is 1. The van der Waals surface area contributed by atoms with E-state index >= 15 is 0 Å². The smallest absolute Gasteiger partial charge is 0.236 e. The molecule has 0 spiro atoms. The summed E-state index contributed by atoms with van der Waals surface area (Å²) in [6.07, 6.45) is 0. The molecular formula is C9H11Cl2N3O. The van der Waals surface area contributed by atoms with Gasteiger partial charge in [0, 0.05) is 6.54 Å². The van der Waals surface area contributed by atoms with Crippen molar-refractivity contribution in [2.45, 2.75) is 6.04 Å². The number of carbonyl (C=O) groups excluding carboxylic acids is 1. The van der Waals surface area contributed by atoms with Gasteiger partial charge in [-0.05, 0) is 12.1 Å². The first-order valence-electron chi connectivity index (χ1n) is 4.25. The number of primary amides is 1. The van der Waals surface area contributed by atoms with E-state index in [1.54, 1.807) is 18.2 Å². The predicted molar refractivity (Wildman–Crippen MR) is 62.1 cm³/mol. The van der Waals surface area contributed by atoms with Gasteiger partial charge in [-0.25, -0.2) is 0 Å². The van der Waals surface area contributed by atoms with E-state index in [2.05, 4.69) is 5.32 Å². The van der Waals surface area contributed by atoms with E-state index in [0.29, 0.717) is 15.7 Å². The number of nitrogens with two attached hydrogens (primary N) is 2. The van der Waals surface area contributed by atoms with Crippen molar-refractivity contribution in [3.8, 4) is 0 Å².